The Morgan fingerprint density at radius 1 is 1.30 bits per heavy atom. The van der Waals surface area contributed by atoms with Gasteiger partial charge in [-0.2, -0.15) is 0 Å². The lowest BCUT2D eigenvalue weighted by molar-refractivity contribution is 0.219. The van der Waals surface area contributed by atoms with Crippen LogP contribution in [0.15, 0.2) is 4.42 Å². The van der Waals surface area contributed by atoms with Crippen LogP contribution < -0.4 is 10.2 Å². The minimum absolute atomic E-state index is 0.420. The van der Waals surface area contributed by atoms with Gasteiger partial charge >= 0.3 is 6.01 Å². The molecular weight excluding hydrogens is 252 g/mol. The molecule has 114 valence electrons. The second-order valence-electron chi connectivity index (χ2n) is 7.02. The average Bonchev–Trinajstić information content (AvgIpc) is 2.84. The number of nitrogens with zero attached hydrogens (tertiary/aromatic N) is 3. The summed E-state index contributed by atoms with van der Waals surface area (Å²) in [6.07, 6.45) is 4.92. The second-order valence-corrected chi connectivity index (χ2v) is 7.02. The Bertz CT molecular complexity index is 417. The van der Waals surface area contributed by atoms with Crippen molar-refractivity contribution in [1.29, 1.82) is 0 Å². The van der Waals surface area contributed by atoms with E-state index < -0.39 is 0 Å². The van der Waals surface area contributed by atoms with Crippen LogP contribution in [-0.4, -0.2) is 29.3 Å². The Hall–Kier alpha value is -1.10. The van der Waals surface area contributed by atoms with E-state index in [1.807, 2.05) is 0 Å². The predicted molar refractivity (Wildman–Crippen MR) is 80.7 cm³/mol. The zero-order chi connectivity index (χ0) is 14.8. The molecule has 1 aliphatic carbocycles. The molecule has 0 bridgehead atoms. The Morgan fingerprint density at radius 3 is 2.55 bits per heavy atom. The van der Waals surface area contributed by atoms with Crippen LogP contribution in [0.4, 0.5) is 6.01 Å². The molecule has 0 unspecified atom stereocenters. The van der Waals surface area contributed by atoms with Crippen LogP contribution in [0, 0.1) is 5.41 Å². The van der Waals surface area contributed by atoms with Crippen molar-refractivity contribution in [2.75, 3.05) is 11.9 Å². The van der Waals surface area contributed by atoms with E-state index in [1.165, 1.54) is 25.7 Å². The highest BCUT2D eigenvalue weighted by Crippen LogP contribution is 2.37. The van der Waals surface area contributed by atoms with Gasteiger partial charge in [0.1, 0.15) is 0 Å². The fraction of sp³-hybridized carbons (Fsp3) is 0.867. The van der Waals surface area contributed by atoms with Gasteiger partial charge in [-0.05, 0) is 31.1 Å². The summed E-state index contributed by atoms with van der Waals surface area (Å²) < 4.78 is 5.74. The Labute approximate surface area is 122 Å². The number of hydrogen-bond acceptors (Lipinski definition) is 5. The molecule has 0 amide bonds. The number of aromatic nitrogens is 2. The van der Waals surface area contributed by atoms with Gasteiger partial charge in [0.25, 0.3) is 0 Å². The summed E-state index contributed by atoms with van der Waals surface area (Å²) in [5.41, 5.74) is 0.485. The van der Waals surface area contributed by atoms with Gasteiger partial charge in [0, 0.05) is 19.1 Å². The third kappa shape index (κ3) is 3.95. The lowest BCUT2D eigenvalue weighted by Gasteiger charge is -2.37. The van der Waals surface area contributed by atoms with Gasteiger partial charge in [0.2, 0.25) is 5.89 Å². The van der Waals surface area contributed by atoms with Crippen molar-refractivity contribution >= 4 is 6.01 Å². The Morgan fingerprint density at radius 2 is 1.95 bits per heavy atom. The Balaban J connectivity index is 1.91. The monoisotopic (exact) mass is 280 g/mol. The first-order valence-corrected chi connectivity index (χ1v) is 7.66. The van der Waals surface area contributed by atoms with Crippen LogP contribution in [0.2, 0.25) is 0 Å². The zero-order valence-electron chi connectivity index (χ0n) is 13.4. The maximum atomic E-state index is 5.74. The van der Waals surface area contributed by atoms with Crippen molar-refractivity contribution in [2.45, 2.75) is 72.0 Å². The highest BCUT2D eigenvalue weighted by molar-refractivity contribution is 5.25. The van der Waals surface area contributed by atoms with Gasteiger partial charge in [0.05, 0.1) is 6.54 Å². The maximum Gasteiger partial charge on any atom is 0.318 e. The van der Waals surface area contributed by atoms with E-state index in [2.05, 4.69) is 55.2 Å². The number of anilines is 1. The summed E-state index contributed by atoms with van der Waals surface area (Å²) in [4.78, 5) is 2.15. The molecule has 0 spiro atoms. The molecule has 1 fully saturated rings. The second kappa shape index (κ2) is 6.12. The van der Waals surface area contributed by atoms with Crippen molar-refractivity contribution in [1.82, 2.24) is 15.5 Å². The Kier molecular flexibility index (Phi) is 4.68. The summed E-state index contributed by atoms with van der Waals surface area (Å²) in [6.45, 7) is 9.55. The van der Waals surface area contributed by atoms with Crippen LogP contribution in [0.5, 0.6) is 0 Å². The molecule has 1 saturated carbocycles. The van der Waals surface area contributed by atoms with Crippen LogP contribution in [-0.2, 0) is 6.54 Å². The molecule has 0 saturated heterocycles. The van der Waals surface area contributed by atoms with E-state index >= 15 is 0 Å². The lowest BCUT2D eigenvalue weighted by Crippen LogP contribution is -2.37. The van der Waals surface area contributed by atoms with Crippen molar-refractivity contribution in [2.24, 2.45) is 5.41 Å². The van der Waals surface area contributed by atoms with Crippen LogP contribution >= 0.6 is 0 Å². The van der Waals surface area contributed by atoms with E-state index in [9.17, 15) is 0 Å². The molecule has 2 rings (SSSR count). The van der Waals surface area contributed by atoms with Crippen LogP contribution in [0.3, 0.4) is 0 Å². The predicted octanol–water partition coefficient (Wildman–Crippen LogP) is 2.97. The zero-order valence-corrected chi connectivity index (χ0v) is 13.4. The van der Waals surface area contributed by atoms with Gasteiger partial charge in [-0.3, -0.25) is 0 Å². The number of nitrogens with one attached hydrogen (secondary N) is 1. The largest absolute Gasteiger partial charge is 0.407 e. The molecule has 0 radical (unpaired) electrons. The topological polar surface area (TPSA) is 54.2 Å². The first kappa shape index (κ1) is 15.3. The van der Waals surface area contributed by atoms with Gasteiger partial charge in [-0.15, -0.1) is 5.10 Å². The first-order valence-electron chi connectivity index (χ1n) is 7.66. The quantitative estimate of drug-likeness (QED) is 0.898. The molecule has 20 heavy (non-hydrogen) atoms. The number of hydrogen-bond donors (Lipinski definition) is 1. The third-order valence-electron chi connectivity index (χ3n) is 4.28. The smallest absolute Gasteiger partial charge is 0.318 e. The maximum absolute atomic E-state index is 5.74. The molecule has 1 heterocycles. The SMILES string of the molecule is CC(C)NCc1nnc(N(C)C2CCC(C)(C)CC2)o1. The lowest BCUT2D eigenvalue weighted by atomic mass is 9.75. The van der Waals surface area contributed by atoms with Crippen LogP contribution in [0.25, 0.3) is 0 Å². The normalized spacial score (nSPS) is 19.5. The molecule has 1 aromatic heterocycles. The van der Waals surface area contributed by atoms with Crippen molar-refractivity contribution in [3.05, 3.63) is 5.89 Å². The summed E-state index contributed by atoms with van der Waals surface area (Å²) in [6, 6.07) is 1.59. The van der Waals surface area contributed by atoms with E-state index in [1.54, 1.807) is 0 Å². The summed E-state index contributed by atoms with van der Waals surface area (Å²) in [7, 11) is 2.07. The molecule has 1 aromatic rings. The van der Waals surface area contributed by atoms with E-state index in [0.29, 0.717) is 35.9 Å². The van der Waals surface area contributed by atoms with E-state index in [-0.39, 0.29) is 0 Å². The van der Waals surface area contributed by atoms with Gasteiger partial charge in [-0.1, -0.05) is 32.8 Å². The molecular formula is C15H28N4O. The summed E-state index contributed by atoms with van der Waals surface area (Å²) in [5.74, 6) is 0.664. The van der Waals surface area contributed by atoms with Crippen LogP contribution in [0.1, 0.15) is 59.3 Å². The molecule has 1 aliphatic rings. The standard InChI is InChI=1S/C15H28N4O/c1-11(2)16-10-13-17-18-14(20-13)19(5)12-6-8-15(3,4)9-7-12/h11-12,16H,6-10H2,1-5H3. The minimum atomic E-state index is 0.420. The fourth-order valence-electron chi connectivity index (χ4n) is 2.68. The van der Waals surface area contributed by atoms with Crippen molar-refractivity contribution < 1.29 is 4.42 Å². The average molecular weight is 280 g/mol. The van der Waals surface area contributed by atoms with Gasteiger partial charge in [0.15, 0.2) is 0 Å². The van der Waals surface area contributed by atoms with Gasteiger partial charge < -0.3 is 14.6 Å². The minimum Gasteiger partial charge on any atom is -0.407 e. The summed E-state index contributed by atoms with van der Waals surface area (Å²) >= 11 is 0. The fourth-order valence-corrected chi connectivity index (χ4v) is 2.68. The summed E-state index contributed by atoms with van der Waals surface area (Å²) in [5, 5.41) is 11.6. The van der Waals surface area contributed by atoms with Gasteiger partial charge in [-0.25, -0.2) is 0 Å². The third-order valence-corrected chi connectivity index (χ3v) is 4.28. The van der Waals surface area contributed by atoms with E-state index in [0.717, 1.165) is 0 Å². The van der Waals surface area contributed by atoms with Crippen molar-refractivity contribution in [3.63, 3.8) is 0 Å². The highest BCUT2D eigenvalue weighted by Gasteiger charge is 2.30. The molecule has 1 N–H and O–H groups in total. The number of rotatable bonds is 5. The van der Waals surface area contributed by atoms with Crippen molar-refractivity contribution in [3.8, 4) is 0 Å². The first-order chi connectivity index (χ1) is 9.37. The van der Waals surface area contributed by atoms with E-state index in [4.69, 9.17) is 4.42 Å². The molecule has 0 aliphatic heterocycles. The highest BCUT2D eigenvalue weighted by atomic mass is 16.4. The molecule has 0 aromatic carbocycles. The molecule has 0 atom stereocenters. The molecule has 5 heteroatoms. The molecule has 5 nitrogen and oxygen atoms in total.